The molecule has 1 fully saturated rings. The lowest BCUT2D eigenvalue weighted by Crippen LogP contribution is -2.38. The van der Waals surface area contributed by atoms with Crippen molar-refractivity contribution in [2.24, 2.45) is 10.8 Å². The molecule has 3 amide bonds. The van der Waals surface area contributed by atoms with E-state index >= 15 is 0 Å². The van der Waals surface area contributed by atoms with Crippen LogP contribution in [-0.2, 0) is 51.1 Å². The van der Waals surface area contributed by atoms with Crippen LogP contribution in [0.2, 0.25) is 0 Å². The molecule has 1 aromatic heterocycles. The van der Waals surface area contributed by atoms with Gasteiger partial charge in [-0.25, -0.2) is 9.59 Å². The largest absolute Gasteiger partial charge is 0.497 e. The van der Waals surface area contributed by atoms with Crippen LogP contribution in [0.15, 0.2) is 149 Å². The van der Waals surface area contributed by atoms with Crippen molar-refractivity contribution in [2.45, 2.75) is 123 Å². The molecule has 498 valence electrons. The molecule has 5 N–H and O–H groups in total. The predicted octanol–water partition coefficient (Wildman–Crippen LogP) is 9.23. The van der Waals surface area contributed by atoms with Gasteiger partial charge in [0.2, 0.25) is 11.8 Å². The Morgan fingerprint density at radius 1 is 0.621 bits per heavy atom. The number of ether oxygens (including phenoxy) is 8. The summed E-state index contributed by atoms with van der Waals surface area (Å²) in [5, 5.41) is 20.0. The first-order valence-electron chi connectivity index (χ1n) is 31.7. The molecule has 3 aliphatic heterocycles. The van der Waals surface area contributed by atoms with E-state index in [4.69, 9.17) is 37.9 Å². The minimum Gasteiger partial charge on any atom is -0.497 e. The summed E-state index contributed by atoms with van der Waals surface area (Å²) >= 11 is 0. The quantitative estimate of drug-likeness (QED) is 0.0154. The predicted molar refractivity (Wildman–Crippen MR) is 349 cm³/mol. The first-order chi connectivity index (χ1) is 45.4. The first kappa shape index (κ1) is 68.0. The molecule has 3 atom stereocenters. The number of benzene rings is 6. The SMILES string of the molecule is COc1ccc(C(OC[C@H]2O[C@@H](c3cn(CCC(=O)NCCCNC(=O)CCCCCNC(=O)c4ccc5c(c4)C4(OC5=O)c5ccc(OC(=O)C(C)(C)C)cc5Oc5cc(OC(=O)C(C)(C)C)ccc54)c(=O)[nH]c3=O)C[C@@H]2O)(c2ccccc2)c2ccc(OC)cc2)cc1. The second-order valence-corrected chi connectivity index (χ2v) is 25.7. The fourth-order valence-electron chi connectivity index (χ4n) is 11.6. The van der Waals surface area contributed by atoms with Gasteiger partial charge < -0.3 is 59.0 Å². The first-order valence-corrected chi connectivity index (χ1v) is 31.7. The average Bonchev–Trinajstić information content (AvgIpc) is 1.58. The Hall–Kier alpha value is -9.90. The Bertz CT molecular complexity index is 3990. The van der Waals surface area contributed by atoms with Gasteiger partial charge in [0.25, 0.3) is 11.5 Å². The minimum absolute atomic E-state index is 0.0391. The van der Waals surface area contributed by atoms with E-state index < -0.39 is 75.4 Å². The highest BCUT2D eigenvalue weighted by Crippen LogP contribution is 2.57. The molecule has 0 aliphatic carbocycles. The molecule has 0 radical (unpaired) electrons. The number of nitrogens with one attached hydrogen (secondary N) is 4. The molecule has 4 heterocycles. The summed E-state index contributed by atoms with van der Waals surface area (Å²) in [5.41, 5.74) is -1.68. The van der Waals surface area contributed by atoms with Crippen molar-refractivity contribution >= 4 is 35.6 Å². The number of carbonyl (C=O) groups excluding carboxylic acids is 6. The molecule has 10 rings (SSSR count). The number of H-pyrrole nitrogens is 1. The summed E-state index contributed by atoms with van der Waals surface area (Å²) in [7, 11) is 3.18. The zero-order valence-electron chi connectivity index (χ0n) is 54.4. The van der Waals surface area contributed by atoms with Gasteiger partial charge in [-0.2, -0.15) is 0 Å². The van der Waals surface area contributed by atoms with Crippen LogP contribution in [0, 0.1) is 10.8 Å². The smallest absolute Gasteiger partial charge is 0.340 e. The van der Waals surface area contributed by atoms with Gasteiger partial charge in [0.05, 0.1) is 55.0 Å². The molecule has 95 heavy (non-hydrogen) atoms. The number of hydrogen-bond acceptors (Lipinski definition) is 17. The Morgan fingerprint density at radius 2 is 1.17 bits per heavy atom. The van der Waals surface area contributed by atoms with Gasteiger partial charge in [-0.3, -0.25) is 38.3 Å². The van der Waals surface area contributed by atoms with E-state index in [-0.39, 0.29) is 90.5 Å². The number of methoxy groups -OCH3 is 2. The molecule has 22 nitrogen and oxygen atoms in total. The summed E-state index contributed by atoms with van der Waals surface area (Å²) in [4.78, 5) is 108. The zero-order valence-corrected chi connectivity index (χ0v) is 54.4. The number of aryl methyl sites for hydroxylation is 1. The minimum atomic E-state index is -1.62. The third kappa shape index (κ3) is 15.0. The van der Waals surface area contributed by atoms with Crippen LogP contribution in [0.1, 0.15) is 152 Å². The van der Waals surface area contributed by atoms with Gasteiger partial charge in [-0.05, 0) is 144 Å². The molecule has 7 aromatic rings. The van der Waals surface area contributed by atoms with E-state index in [9.17, 15) is 43.5 Å². The third-order valence-electron chi connectivity index (χ3n) is 16.8. The normalized spacial score (nSPS) is 16.1. The van der Waals surface area contributed by atoms with Crippen molar-refractivity contribution < 1.29 is 71.8 Å². The molecule has 6 aromatic carbocycles. The van der Waals surface area contributed by atoms with Crippen molar-refractivity contribution in [3.05, 3.63) is 211 Å². The Labute approximate surface area is 549 Å². The average molecular weight is 1300 g/mol. The number of fused-ring (bicyclic) bond motifs is 6. The van der Waals surface area contributed by atoms with Crippen LogP contribution in [0.25, 0.3) is 0 Å². The molecule has 0 unspecified atom stereocenters. The van der Waals surface area contributed by atoms with E-state index in [2.05, 4.69) is 20.9 Å². The van der Waals surface area contributed by atoms with Crippen LogP contribution < -0.4 is 50.9 Å². The Balaban J connectivity index is 0.673. The van der Waals surface area contributed by atoms with Crippen LogP contribution in [0.3, 0.4) is 0 Å². The van der Waals surface area contributed by atoms with E-state index in [0.717, 1.165) is 16.7 Å². The lowest BCUT2D eigenvalue weighted by atomic mass is 9.77. The zero-order chi connectivity index (χ0) is 67.8. The van der Waals surface area contributed by atoms with Gasteiger partial charge in [0.15, 0.2) is 5.60 Å². The van der Waals surface area contributed by atoms with Crippen molar-refractivity contribution in [3.63, 3.8) is 0 Å². The Kier molecular flexibility index (Phi) is 20.6. The van der Waals surface area contributed by atoms with Gasteiger partial charge in [0, 0.05) is 86.0 Å². The number of aliphatic hydroxyl groups is 1. The van der Waals surface area contributed by atoms with E-state index in [1.54, 1.807) is 92.2 Å². The topological polar surface area (TPSA) is 287 Å². The summed E-state index contributed by atoms with van der Waals surface area (Å²) in [6, 6.07) is 38.9. The number of aromatic nitrogens is 2. The fraction of sp³-hybridized carbons (Fsp3) is 0.370. The molecule has 0 bridgehead atoms. The van der Waals surface area contributed by atoms with E-state index in [1.165, 1.54) is 29.0 Å². The molecule has 0 saturated carbocycles. The maximum absolute atomic E-state index is 13.8. The van der Waals surface area contributed by atoms with Crippen LogP contribution in [-0.4, -0.2) is 103 Å². The molecule has 22 heteroatoms. The second-order valence-electron chi connectivity index (χ2n) is 25.7. The molecule has 1 saturated heterocycles. The fourth-order valence-corrected chi connectivity index (χ4v) is 11.6. The number of aromatic amines is 1. The number of aliphatic hydroxyl groups excluding tert-OH is 1. The summed E-state index contributed by atoms with van der Waals surface area (Å²) in [5.74, 6) is -0.437. The van der Waals surface area contributed by atoms with Crippen molar-refractivity contribution in [1.29, 1.82) is 0 Å². The number of nitrogens with zero attached hydrogens (tertiary/aromatic N) is 1. The summed E-state index contributed by atoms with van der Waals surface area (Å²) in [6.45, 7) is 11.1. The lowest BCUT2D eigenvalue weighted by molar-refractivity contribution is -0.143. The highest BCUT2D eigenvalue weighted by atomic mass is 16.6. The number of esters is 3. The second kappa shape index (κ2) is 28.8. The maximum Gasteiger partial charge on any atom is 0.340 e. The number of amides is 3. The summed E-state index contributed by atoms with van der Waals surface area (Å²) in [6.07, 6.45) is 0.916. The van der Waals surface area contributed by atoms with Crippen molar-refractivity contribution in [3.8, 4) is 34.5 Å². The van der Waals surface area contributed by atoms with Gasteiger partial charge >= 0.3 is 23.6 Å². The number of unbranched alkanes of at least 4 members (excludes halogenated alkanes) is 2. The Morgan fingerprint density at radius 3 is 1.74 bits per heavy atom. The van der Waals surface area contributed by atoms with E-state index in [1.807, 2.05) is 78.9 Å². The number of carbonyl (C=O) groups is 6. The third-order valence-corrected chi connectivity index (χ3v) is 16.8. The molecule has 3 aliphatic rings. The molecule has 1 spiro atoms. The standard InChI is InChI=1S/C73H79N5O17/c1-70(2,3)67(85)91-50-28-31-54-59(39-50)94-60-40-51(92-68(86)71(4,5)6)29-32-55(60)73(54)56-38-44(19-30-52(56)66(84)95-73)64(82)76-34-14-10-13-18-62(80)74-35-15-36-75-63(81)33-37-78-42-53(65(83)77-69(78)87)58-41-57(79)61(93-58)43-90-72(45-16-11-9-12-17-45,46-20-24-48(88-7)25-21-46)47-22-26-49(89-8)27-23-47/h9,11-12,16-17,19-32,38-40,42,57-58,61,79H,10,13-15,18,33-37,41,43H2,1-8H3,(H,74,80)(H,75,81)(H,76,82)(H,77,83,87)/t57-,58+,61+/m0/s1. The van der Waals surface area contributed by atoms with Crippen LogP contribution >= 0.6 is 0 Å². The number of hydrogen-bond donors (Lipinski definition) is 5. The maximum atomic E-state index is 13.8. The van der Waals surface area contributed by atoms with Crippen molar-refractivity contribution in [1.82, 2.24) is 25.5 Å². The van der Waals surface area contributed by atoms with Crippen LogP contribution in [0.5, 0.6) is 34.5 Å². The lowest BCUT2D eigenvalue weighted by Gasteiger charge is -2.37. The van der Waals surface area contributed by atoms with E-state index in [0.29, 0.717) is 67.0 Å². The number of rotatable bonds is 25. The summed E-state index contributed by atoms with van der Waals surface area (Å²) < 4.78 is 49.6. The van der Waals surface area contributed by atoms with Gasteiger partial charge in [0.1, 0.15) is 46.2 Å². The van der Waals surface area contributed by atoms with Gasteiger partial charge in [-0.1, -0.05) is 61.0 Å². The highest BCUT2D eigenvalue weighted by Gasteiger charge is 2.54. The highest BCUT2D eigenvalue weighted by molar-refractivity contribution is 6.01. The van der Waals surface area contributed by atoms with Crippen LogP contribution in [0.4, 0.5) is 0 Å². The molecular formula is C73H79N5O17. The van der Waals surface area contributed by atoms with Crippen molar-refractivity contribution in [2.75, 3.05) is 40.5 Å². The molecular weight excluding hydrogens is 1220 g/mol. The monoisotopic (exact) mass is 1300 g/mol. The van der Waals surface area contributed by atoms with Gasteiger partial charge in [-0.15, -0.1) is 0 Å².